The second-order valence-corrected chi connectivity index (χ2v) is 8.24. The van der Waals surface area contributed by atoms with Crippen LogP contribution in [0.15, 0.2) is 47.6 Å². The van der Waals surface area contributed by atoms with Gasteiger partial charge in [0.15, 0.2) is 5.96 Å². The number of halogens is 2. The Bertz CT molecular complexity index is 900. The van der Waals surface area contributed by atoms with Gasteiger partial charge in [-0.15, -0.1) is 24.0 Å². The highest BCUT2D eigenvalue weighted by molar-refractivity contribution is 14.0. The number of nitrogens with one attached hydrogen (secondary N) is 1. The first-order chi connectivity index (χ1) is 15.0. The molecule has 1 aliphatic heterocycles. The smallest absolute Gasteiger partial charge is 0.220 e. The SMILES string of the molecule is CCNC(=NCc1cccnc1N1CCC(C(N)=O)CC1)N(C)Cc1ccc(Cl)cc1.I. The van der Waals surface area contributed by atoms with Crippen LogP contribution in [0, 0.1) is 5.92 Å². The minimum Gasteiger partial charge on any atom is -0.369 e. The first-order valence-electron chi connectivity index (χ1n) is 10.7. The molecule has 3 rings (SSSR count). The summed E-state index contributed by atoms with van der Waals surface area (Å²) in [5, 5.41) is 4.10. The molecule has 0 aliphatic carbocycles. The zero-order valence-corrected chi connectivity index (χ0v) is 21.7. The van der Waals surface area contributed by atoms with E-state index in [2.05, 4.69) is 33.1 Å². The number of amides is 1. The molecule has 9 heteroatoms. The number of piperidine rings is 1. The number of anilines is 1. The number of primary amides is 1. The van der Waals surface area contributed by atoms with Gasteiger partial charge < -0.3 is 20.9 Å². The van der Waals surface area contributed by atoms with Crippen LogP contribution in [0.5, 0.6) is 0 Å². The lowest BCUT2D eigenvalue weighted by molar-refractivity contribution is -0.122. The Morgan fingerprint density at radius 3 is 2.59 bits per heavy atom. The fraction of sp³-hybridized carbons (Fsp3) is 0.435. The molecule has 0 unspecified atom stereocenters. The van der Waals surface area contributed by atoms with Crippen molar-refractivity contribution in [2.24, 2.45) is 16.6 Å². The van der Waals surface area contributed by atoms with Crippen LogP contribution < -0.4 is 16.0 Å². The highest BCUT2D eigenvalue weighted by atomic mass is 127. The molecule has 0 bridgehead atoms. The number of aromatic nitrogens is 1. The highest BCUT2D eigenvalue weighted by Gasteiger charge is 2.25. The van der Waals surface area contributed by atoms with Gasteiger partial charge in [-0.1, -0.05) is 29.8 Å². The summed E-state index contributed by atoms with van der Waals surface area (Å²) in [6.07, 6.45) is 3.34. The maximum Gasteiger partial charge on any atom is 0.220 e. The summed E-state index contributed by atoms with van der Waals surface area (Å²) < 4.78 is 0. The van der Waals surface area contributed by atoms with Gasteiger partial charge in [0.25, 0.3) is 0 Å². The van der Waals surface area contributed by atoms with E-state index in [9.17, 15) is 4.79 Å². The molecular weight excluding hydrogens is 539 g/mol. The van der Waals surface area contributed by atoms with Crippen LogP contribution in [0.1, 0.15) is 30.9 Å². The average Bonchev–Trinajstić information content (AvgIpc) is 2.78. The van der Waals surface area contributed by atoms with Crippen molar-refractivity contribution in [1.29, 1.82) is 0 Å². The molecule has 0 spiro atoms. The van der Waals surface area contributed by atoms with E-state index in [1.54, 1.807) is 6.20 Å². The molecule has 0 atom stereocenters. The fourth-order valence-corrected chi connectivity index (χ4v) is 3.91. The van der Waals surface area contributed by atoms with Crippen LogP contribution >= 0.6 is 35.6 Å². The number of hydrogen-bond acceptors (Lipinski definition) is 4. The zero-order chi connectivity index (χ0) is 22.2. The molecule has 1 aliphatic rings. The molecule has 2 heterocycles. The van der Waals surface area contributed by atoms with Gasteiger partial charge in [0, 0.05) is 55.9 Å². The van der Waals surface area contributed by atoms with Crippen LogP contribution in [0.3, 0.4) is 0 Å². The normalized spacial score (nSPS) is 14.6. The average molecular weight is 571 g/mol. The Labute approximate surface area is 212 Å². The van der Waals surface area contributed by atoms with Crippen molar-refractivity contribution in [3.05, 3.63) is 58.7 Å². The summed E-state index contributed by atoms with van der Waals surface area (Å²) in [5.74, 6) is 1.53. The van der Waals surface area contributed by atoms with Gasteiger partial charge in [-0.2, -0.15) is 0 Å². The molecule has 0 saturated carbocycles. The van der Waals surface area contributed by atoms with Gasteiger partial charge in [0.1, 0.15) is 5.82 Å². The predicted octanol–water partition coefficient (Wildman–Crippen LogP) is 3.65. The van der Waals surface area contributed by atoms with Crippen LogP contribution in [-0.2, 0) is 17.9 Å². The molecule has 1 fully saturated rings. The number of pyridine rings is 1. The van der Waals surface area contributed by atoms with Gasteiger partial charge in [0.2, 0.25) is 5.91 Å². The third kappa shape index (κ3) is 7.23. The summed E-state index contributed by atoms with van der Waals surface area (Å²) in [6.45, 7) is 5.64. The highest BCUT2D eigenvalue weighted by Crippen LogP contribution is 2.25. The largest absolute Gasteiger partial charge is 0.369 e. The second-order valence-electron chi connectivity index (χ2n) is 7.80. The van der Waals surface area contributed by atoms with E-state index < -0.39 is 0 Å². The van der Waals surface area contributed by atoms with E-state index in [0.29, 0.717) is 6.54 Å². The van der Waals surface area contributed by atoms with Crippen molar-refractivity contribution < 1.29 is 4.79 Å². The molecule has 32 heavy (non-hydrogen) atoms. The van der Waals surface area contributed by atoms with Crippen molar-refractivity contribution in [3.8, 4) is 0 Å². The summed E-state index contributed by atoms with van der Waals surface area (Å²) in [4.78, 5) is 25.3. The molecule has 3 N–H and O–H groups in total. The van der Waals surface area contributed by atoms with E-state index in [0.717, 1.165) is 66.9 Å². The Hall–Kier alpha value is -2.07. The number of nitrogens with zero attached hydrogens (tertiary/aromatic N) is 4. The van der Waals surface area contributed by atoms with Gasteiger partial charge >= 0.3 is 0 Å². The summed E-state index contributed by atoms with van der Waals surface area (Å²) in [7, 11) is 2.02. The molecule has 1 saturated heterocycles. The van der Waals surface area contributed by atoms with Gasteiger partial charge in [-0.3, -0.25) is 4.79 Å². The molecule has 1 amide bonds. The Morgan fingerprint density at radius 1 is 1.28 bits per heavy atom. The number of hydrogen-bond donors (Lipinski definition) is 2. The van der Waals surface area contributed by atoms with E-state index in [1.165, 1.54) is 0 Å². The maximum absolute atomic E-state index is 11.5. The number of benzene rings is 1. The van der Waals surface area contributed by atoms with Gasteiger partial charge in [-0.05, 0) is 43.5 Å². The van der Waals surface area contributed by atoms with Crippen molar-refractivity contribution in [2.45, 2.75) is 32.9 Å². The zero-order valence-electron chi connectivity index (χ0n) is 18.6. The third-order valence-corrected chi connectivity index (χ3v) is 5.74. The quantitative estimate of drug-likeness (QED) is 0.302. The standard InChI is InChI=1S/C23H31ClN6O.HI/c1-3-26-23(29(2)16-17-6-8-20(24)9-7-17)28-15-19-5-4-12-27-22(19)30-13-10-18(11-14-30)21(25)31;/h4-9,12,18H,3,10-11,13-16H2,1-2H3,(H2,25,31)(H,26,28);1H. The van der Waals surface area contributed by atoms with Crippen molar-refractivity contribution in [1.82, 2.24) is 15.2 Å². The summed E-state index contributed by atoms with van der Waals surface area (Å²) in [5.41, 5.74) is 7.70. The molecule has 1 aromatic carbocycles. The summed E-state index contributed by atoms with van der Waals surface area (Å²) in [6, 6.07) is 11.9. The van der Waals surface area contributed by atoms with Crippen LogP contribution in [0.25, 0.3) is 0 Å². The molecule has 174 valence electrons. The van der Waals surface area contributed by atoms with Crippen molar-refractivity contribution in [3.63, 3.8) is 0 Å². The number of carbonyl (C=O) groups excluding carboxylic acids is 1. The van der Waals surface area contributed by atoms with Gasteiger partial charge in [-0.25, -0.2) is 9.98 Å². The van der Waals surface area contributed by atoms with Crippen molar-refractivity contribution in [2.75, 3.05) is 31.6 Å². The Morgan fingerprint density at radius 2 is 1.97 bits per heavy atom. The summed E-state index contributed by atoms with van der Waals surface area (Å²) >= 11 is 6.00. The lowest BCUT2D eigenvalue weighted by atomic mass is 9.96. The first kappa shape index (κ1) is 26.2. The lowest BCUT2D eigenvalue weighted by Crippen LogP contribution is -2.39. The Kier molecular flexibility index (Phi) is 10.5. The van der Waals surface area contributed by atoms with E-state index in [4.69, 9.17) is 22.3 Å². The fourth-order valence-electron chi connectivity index (χ4n) is 3.78. The molecule has 7 nitrogen and oxygen atoms in total. The molecule has 0 radical (unpaired) electrons. The number of rotatable bonds is 7. The van der Waals surface area contributed by atoms with E-state index in [-0.39, 0.29) is 35.8 Å². The van der Waals surface area contributed by atoms with E-state index in [1.807, 2.05) is 37.4 Å². The number of nitrogens with two attached hydrogens (primary N) is 1. The maximum atomic E-state index is 11.5. The minimum atomic E-state index is -0.204. The minimum absolute atomic E-state index is 0. The lowest BCUT2D eigenvalue weighted by Gasteiger charge is -2.32. The molecular formula is C23H32ClIN6O. The topological polar surface area (TPSA) is 86.9 Å². The number of guanidine groups is 1. The number of aliphatic imine (C=N–C) groups is 1. The monoisotopic (exact) mass is 570 g/mol. The Balaban J connectivity index is 0.00000363. The second kappa shape index (κ2) is 12.8. The van der Waals surface area contributed by atoms with Gasteiger partial charge in [0.05, 0.1) is 6.54 Å². The number of carbonyl (C=O) groups is 1. The van der Waals surface area contributed by atoms with Crippen LogP contribution in [0.2, 0.25) is 5.02 Å². The van der Waals surface area contributed by atoms with Crippen molar-refractivity contribution >= 4 is 53.3 Å². The van der Waals surface area contributed by atoms with Crippen LogP contribution in [0.4, 0.5) is 5.82 Å². The van der Waals surface area contributed by atoms with E-state index >= 15 is 0 Å². The molecule has 1 aromatic heterocycles. The molecule has 2 aromatic rings. The van der Waals surface area contributed by atoms with Crippen LogP contribution in [-0.4, -0.2) is 48.4 Å². The predicted molar refractivity (Wildman–Crippen MR) is 142 cm³/mol. The first-order valence-corrected chi connectivity index (χ1v) is 11.1. The third-order valence-electron chi connectivity index (χ3n) is 5.49.